The number of rotatable bonds is 9. The molecular weight excluding hydrogens is 540 g/mol. The molecule has 1 unspecified atom stereocenters. The van der Waals surface area contributed by atoms with E-state index in [-0.39, 0.29) is 18.9 Å². The maximum absolute atomic E-state index is 13.9. The van der Waals surface area contributed by atoms with Gasteiger partial charge in [-0.2, -0.15) is 0 Å². The molecule has 40 heavy (non-hydrogen) atoms. The molecule has 3 N–H and O–H groups in total. The van der Waals surface area contributed by atoms with Crippen LogP contribution in [0.15, 0.2) is 30.3 Å². The lowest BCUT2D eigenvalue weighted by atomic mass is 9.98. The molecule has 2 heterocycles. The molecule has 12 nitrogen and oxygen atoms in total. The molecular formula is C27H40N4O8S. The molecule has 2 aliphatic rings. The number of aliphatic carboxylic acids is 1. The molecule has 0 radical (unpaired) electrons. The Morgan fingerprint density at radius 3 is 2.25 bits per heavy atom. The van der Waals surface area contributed by atoms with Gasteiger partial charge in [-0.15, -0.1) is 0 Å². The Bertz CT molecular complexity index is 1180. The largest absolute Gasteiger partial charge is 0.480 e. The molecule has 4 atom stereocenters. The minimum absolute atomic E-state index is 0.0990. The Morgan fingerprint density at radius 2 is 1.68 bits per heavy atom. The highest BCUT2D eigenvalue weighted by Crippen LogP contribution is 2.24. The number of amides is 3. The summed E-state index contributed by atoms with van der Waals surface area (Å²) in [5.74, 6) is -4.04. The topological polar surface area (TPSA) is 162 Å². The molecule has 3 amide bonds. The molecule has 0 aromatic heterocycles. The third-order valence-electron chi connectivity index (χ3n) is 6.92. The van der Waals surface area contributed by atoms with Crippen molar-refractivity contribution in [1.29, 1.82) is 0 Å². The maximum atomic E-state index is 13.9. The molecule has 0 bridgehead atoms. The van der Waals surface area contributed by atoms with Gasteiger partial charge in [-0.1, -0.05) is 37.3 Å². The second kappa shape index (κ2) is 13.0. The SMILES string of the molecule is C[C@H](C(=O)N1CCCCC1)[C@@H](NS(=O)(=O)Cc1ccccc1)C(=O)N1C[C@@H](NC(=O)OC(C)(C)C)CC1C(=O)O. The van der Waals surface area contributed by atoms with Crippen LogP contribution in [0.25, 0.3) is 0 Å². The van der Waals surface area contributed by atoms with Gasteiger partial charge in [0, 0.05) is 26.1 Å². The fourth-order valence-corrected chi connectivity index (χ4v) is 6.42. The first-order valence-electron chi connectivity index (χ1n) is 13.5. The van der Waals surface area contributed by atoms with Crippen LogP contribution in [0.1, 0.15) is 58.9 Å². The van der Waals surface area contributed by atoms with Crippen molar-refractivity contribution >= 4 is 33.9 Å². The molecule has 3 rings (SSSR count). The van der Waals surface area contributed by atoms with E-state index < -0.39 is 63.4 Å². The summed E-state index contributed by atoms with van der Waals surface area (Å²) in [6, 6.07) is 4.78. The highest BCUT2D eigenvalue weighted by molar-refractivity contribution is 7.88. The molecule has 13 heteroatoms. The normalized spacial score (nSPS) is 21.4. The van der Waals surface area contributed by atoms with Crippen LogP contribution < -0.4 is 10.0 Å². The van der Waals surface area contributed by atoms with E-state index in [4.69, 9.17) is 4.74 Å². The number of sulfonamides is 1. The van der Waals surface area contributed by atoms with Crippen LogP contribution in [0.4, 0.5) is 4.79 Å². The minimum Gasteiger partial charge on any atom is -0.480 e. The average molecular weight is 581 g/mol. The van der Waals surface area contributed by atoms with Crippen molar-refractivity contribution in [2.45, 2.75) is 82.9 Å². The first-order chi connectivity index (χ1) is 18.7. The lowest BCUT2D eigenvalue weighted by Crippen LogP contribution is -2.57. The number of hydrogen-bond donors (Lipinski definition) is 3. The highest BCUT2D eigenvalue weighted by atomic mass is 32.2. The van der Waals surface area contributed by atoms with Crippen molar-refractivity contribution in [1.82, 2.24) is 19.8 Å². The van der Waals surface area contributed by atoms with Gasteiger partial charge in [0.2, 0.25) is 21.8 Å². The number of benzene rings is 1. The van der Waals surface area contributed by atoms with Gasteiger partial charge < -0.3 is 25.0 Å². The smallest absolute Gasteiger partial charge is 0.407 e. The predicted octanol–water partition coefficient (Wildman–Crippen LogP) is 1.70. The standard InChI is InChI=1S/C27H40N4O8S/c1-18(23(32)30-13-9-6-10-14-30)22(29-40(37,38)17-19-11-7-5-8-12-19)24(33)31-16-20(15-21(31)25(34)35)28-26(36)39-27(2,3)4/h5,7-8,11-12,18,20-22,29H,6,9-10,13-17H2,1-4H3,(H,28,36)(H,34,35)/t18-,20-,21?,22+/m0/s1. The van der Waals surface area contributed by atoms with E-state index in [1.54, 1.807) is 56.0 Å². The zero-order valence-corrected chi connectivity index (χ0v) is 24.3. The molecule has 222 valence electrons. The number of carbonyl (C=O) groups is 4. The number of alkyl carbamates (subject to hydrolysis) is 1. The summed E-state index contributed by atoms with van der Waals surface area (Å²) < 4.78 is 34.1. The number of likely N-dealkylation sites (tertiary alicyclic amines) is 2. The van der Waals surface area contributed by atoms with Gasteiger partial charge in [-0.3, -0.25) is 9.59 Å². The lowest BCUT2D eigenvalue weighted by molar-refractivity contribution is -0.150. The van der Waals surface area contributed by atoms with Gasteiger partial charge in [0.05, 0.1) is 17.7 Å². The molecule has 2 saturated heterocycles. The number of nitrogens with zero attached hydrogens (tertiary/aromatic N) is 2. The number of nitrogens with one attached hydrogen (secondary N) is 2. The van der Waals surface area contributed by atoms with Crippen LogP contribution in [0.3, 0.4) is 0 Å². The van der Waals surface area contributed by atoms with Crippen LogP contribution >= 0.6 is 0 Å². The highest BCUT2D eigenvalue weighted by Gasteiger charge is 2.46. The van der Waals surface area contributed by atoms with Crippen LogP contribution in [-0.4, -0.2) is 90.6 Å². The monoisotopic (exact) mass is 580 g/mol. The molecule has 0 spiro atoms. The van der Waals surface area contributed by atoms with E-state index in [0.29, 0.717) is 18.7 Å². The van der Waals surface area contributed by atoms with Gasteiger partial charge >= 0.3 is 12.1 Å². The third kappa shape index (κ3) is 8.65. The number of piperidine rings is 1. The van der Waals surface area contributed by atoms with Gasteiger partial charge in [0.25, 0.3) is 0 Å². The summed E-state index contributed by atoms with van der Waals surface area (Å²) in [5.41, 5.74) is -0.293. The van der Waals surface area contributed by atoms with E-state index in [9.17, 15) is 32.7 Å². The third-order valence-corrected chi connectivity index (χ3v) is 8.25. The number of carbonyl (C=O) groups excluding carboxylic acids is 3. The van der Waals surface area contributed by atoms with Gasteiger partial charge in [0.15, 0.2) is 0 Å². The van der Waals surface area contributed by atoms with Crippen molar-refractivity contribution in [2.24, 2.45) is 5.92 Å². The quantitative estimate of drug-likeness (QED) is 0.398. The molecule has 0 saturated carbocycles. The Kier molecular flexibility index (Phi) is 10.2. The Balaban J connectivity index is 1.86. The fraction of sp³-hybridized carbons (Fsp3) is 0.630. The molecule has 0 aliphatic carbocycles. The lowest BCUT2D eigenvalue weighted by Gasteiger charge is -2.34. The summed E-state index contributed by atoms with van der Waals surface area (Å²) in [7, 11) is -4.11. The summed E-state index contributed by atoms with van der Waals surface area (Å²) >= 11 is 0. The van der Waals surface area contributed by atoms with Crippen molar-refractivity contribution in [3.63, 3.8) is 0 Å². The maximum Gasteiger partial charge on any atom is 0.407 e. The first-order valence-corrected chi connectivity index (χ1v) is 15.2. The van der Waals surface area contributed by atoms with E-state index in [2.05, 4.69) is 10.0 Å². The Labute approximate surface area is 235 Å². The van der Waals surface area contributed by atoms with E-state index in [1.165, 1.54) is 6.92 Å². The van der Waals surface area contributed by atoms with E-state index >= 15 is 0 Å². The van der Waals surface area contributed by atoms with Crippen LogP contribution in [0, 0.1) is 5.92 Å². The molecule has 1 aromatic rings. The zero-order chi connectivity index (χ0) is 29.7. The first kappa shape index (κ1) is 31.3. The number of ether oxygens (including phenoxy) is 1. The molecule has 2 fully saturated rings. The summed E-state index contributed by atoms with van der Waals surface area (Å²) in [5, 5.41) is 12.5. The summed E-state index contributed by atoms with van der Waals surface area (Å²) in [6.45, 7) is 7.36. The van der Waals surface area contributed by atoms with Crippen LogP contribution in [0.2, 0.25) is 0 Å². The summed E-state index contributed by atoms with van der Waals surface area (Å²) in [4.78, 5) is 54.4. The number of carboxylic acids is 1. The Morgan fingerprint density at radius 1 is 1.05 bits per heavy atom. The second-order valence-electron chi connectivity index (χ2n) is 11.4. The second-order valence-corrected chi connectivity index (χ2v) is 13.2. The number of hydrogen-bond acceptors (Lipinski definition) is 7. The van der Waals surface area contributed by atoms with Crippen molar-refractivity contribution in [2.75, 3.05) is 19.6 Å². The minimum atomic E-state index is -4.11. The van der Waals surface area contributed by atoms with Crippen LogP contribution in [0.5, 0.6) is 0 Å². The van der Waals surface area contributed by atoms with Gasteiger partial charge in [0.1, 0.15) is 17.7 Å². The van der Waals surface area contributed by atoms with Crippen molar-refractivity contribution in [3.8, 4) is 0 Å². The van der Waals surface area contributed by atoms with Crippen molar-refractivity contribution in [3.05, 3.63) is 35.9 Å². The molecule has 1 aromatic carbocycles. The van der Waals surface area contributed by atoms with Gasteiger partial charge in [-0.25, -0.2) is 22.7 Å². The van der Waals surface area contributed by atoms with Crippen LogP contribution in [-0.2, 0) is 34.9 Å². The average Bonchev–Trinajstić information content (AvgIpc) is 3.29. The van der Waals surface area contributed by atoms with E-state index in [0.717, 1.165) is 24.2 Å². The summed E-state index contributed by atoms with van der Waals surface area (Å²) in [6.07, 6.45) is 1.73. The van der Waals surface area contributed by atoms with Crippen molar-refractivity contribution < 1.29 is 37.4 Å². The zero-order valence-electron chi connectivity index (χ0n) is 23.5. The number of carboxylic acid groups (broad SMARTS) is 1. The predicted molar refractivity (Wildman–Crippen MR) is 146 cm³/mol. The van der Waals surface area contributed by atoms with Gasteiger partial charge in [-0.05, 0) is 45.6 Å². The molecule has 2 aliphatic heterocycles. The fourth-order valence-electron chi connectivity index (χ4n) is 5.01. The van der Waals surface area contributed by atoms with E-state index in [1.807, 2.05) is 0 Å². The Hall–Kier alpha value is -3.19.